The van der Waals surface area contributed by atoms with Crippen molar-refractivity contribution in [3.05, 3.63) is 30.3 Å². The third kappa shape index (κ3) is 2.78. The van der Waals surface area contributed by atoms with Crippen molar-refractivity contribution in [3.8, 4) is 11.4 Å². The van der Waals surface area contributed by atoms with Crippen LogP contribution in [0.1, 0.15) is 27.7 Å². The van der Waals surface area contributed by atoms with Gasteiger partial charge in [-0.05, 0) is 27.7 Å². The van der Waals surface area contributed by atoms with E-state index in [1.807, 2.05) is 29.9 Å². The maximum atomic E-state index is 4.70. The highest BCUT2D eigenvalue weighted by atomic mass is 15.4. The fourth-order valence-electron chi connectivity index (χ4n) is 2.38. The topological polar surface area (TPSA) is 34.0 Å². The van der Waals surface area contributed by atoms with Crippen LogP contribution in [0.3, 0.4) is 0 Å². The summed E-state index contributed by atoms with van der Waals surface area (Å²) >= 11 is 0. The lowest BCUT2D eigenvalue weighted by molar-refractivity contribution is 0.587. The maximum Gasteiger partial charge on any atom is 0.245 e. The Balaban J connectivity index is 2.41. The predicted molar refractivity (Wildman–Crippen MR) is 79.2 cm³/mol. The van der Waals surface area contributed by atoms with E-state index in [0.717, 1.165) is 17.3 Å². The molecule has 0 aliphatic carbocycles. The monoisotopic (exact) mass is 258 g/mol. The van der Waals surface area contributed by atoms with Gasteiger partial charge in [-0.25, -0.2) is 4.68 Å². The van der Waals surface area contributed by atoms with E-state index in [4.69, 9.17) is 4.98 Å². The summed E-state index contributed by atoms with van der Waals surface area (Å²) in [6, 6.07) is 10.9. The van der Waals surface area contributed by atoms with Crippen LogP contribution in [0.4, 0.5) is 5.95 Å². The Morgan fingerprint density at radius 2 is 1.58 bits per heavy atom. The standard InChI is InChI=1S/C15H22N4/c1-11(2)19(12(3)4)15-16-14(18(5)17-15)13-9-7-6-8-10-13/h6-12H,1-5H3. The number of aromatic nitrogens is 3. The van der Waals surface area contributed by atoms with Crippen molar-refractivity contribution in [1.29, 1.82) is 0 Å². The number of aryl methyl sites for hydroxylation is 1. The molecule has 102 valence electrons. The van der Waals surface area contributed by atoms with Gasteiger partial charge >= 0.3 is 0 Å². The van der Waals surface area contributed by atoms with Crippen LogP contribution in [0.2, 0.25) is 0 Å². The average Bonchev–Trinajstić information content (AvgIpc) is 2.71. The summed E-state index contributed by atoms with van der Waals surface area (Å²) < 4.78 is 1.85. The first-order valence-electron chi connectivity index (χ1n) is 6.75. The molecule has 0 fully saturated rings. The number of hydrogen-bond donors (Lipinski definition) is 0. The highest BCUT2D eigenvalue weighted by Crippen LogP contribution is 2.22. The van der Waals surface area contributed by atoms with Gasteiger partial charge in [-0.3, -0.25) is 0 Å². The molecule has 4 nitrogen and oxygen atoms in total. The van der Waals surface area contributed by atoms with Crippen LogP contribution < -0.4 is 4.90 Å². The molecule has 0 saturated carbocycles. The summed E-state index contributed by atoms with van der Waals surface area (Å²) in [4.78, 5) is 6.93. The second-order valence-corrected chi connectivity index (χ2v) is 5.32. The van der Waals surface area contributed by atoms with Gasteiger partial charge in [0.05, 0.1) is 0 Å². The van der Waals surface area contributed by atoms with Gasteiger partial charge in [0.15, 0.2) is 5.82 Å². The first-order valence-corrected chi connectivity index (χ1v) is 6.75. The van der Waals surface area contributed by atoms with Gasteiger partial charge in [-0.2, -0.15) is 4.98 Å². The highest BCUT2D eigenvalue weighted by Gasteiger charge is 2.20. The van der Waals surface area contributed by atoms with Crippen LogP contribution in [-0.4, -0.2) is 26.8 Å². The molecular formula is C15H22N4. The molecular weight excluding hydrogens is 236 g/mol. The summed E-state index contributed by atoms with van der Waals surface area (Å²) in [6.07, 6.45) is 0. The van der Waals surface area contributed by atoms with Crippen molar-refractivity contribution in [2.45, 2.75) is 39.8 Å². The molecule has 0 N–H and O–H groups in total. The highest BCUT2D eigenvalue weighted by molar-refractivity contribution is 5.57. The van der Waals surface area contributed by atoms with E-state index in [1.54, 1.807) is 0 Å². The third-order valence-electron chi connectivity index (χ3n) is 3.13. The van der Waals surface area contributed by atoms with Crippen molar-refractivity contribution in [2.75, 3.05) is 4.90 Å². The van der Waals surface area contributed by atoms with Crippen LogP contribution in [0, 0.1) is 0 Å². The van der Waals surface area contributed by atoms with Crippen LogP contribution >= 0.6 is 0 Å². The predicted octanol–water partition coefficient (Wildman–Crippen LogP) is 3.11. The van der Waals surface area contributed by atoms with Crippen molar-refractivity contribution in [2.24, 2.45) is 7.05 Å². The van der Waals surface area contributed by atoms with E-state index < -0.39 is 0 Å². The van der Waals surface area contributed by atoms with Gasteiger partial charge in [-0.1, -0.05) is 30.3 Å². The molecule has 0 bridgehead atoms. The lowest BCUT2D eigenvalue weighted by Gasteiger charge is -2.29. The average molecular weight is 258 g/mol. The van der Waals surface area contributed by atoms with Gasteiger partial charge in [0, 0.05) is 24.7 Å². The zero-order valence-corrected chi connectivity index (χ0v) is 12.3. The molecule has 1 aromatic heterocycles. The number of anilines is 1. The van der Waals surface area contributed by atoms with Crippen LogP contribution in [0.5, 0.6) is 0 Å². The molecule has 0 atom stereocenters. The number of hydrogen-bond acceptors (Lipinski definition) is 3. The smallest absolute Gasteiger partial charge is 0.245 e. The van der Waals surface area contributed by atoms with Gasteiger partial charge in [0.2, 0.25) is 5.95 Å². The second kappa shape index (κ2) is 5.43. The maximum absolute atomic E-state index is 4.70. The van der Waals surface area contributed by atoms with Crippen LogP contribution in [0.25, 0.3) is 11.4 Å². The van der Waals surface area contributed by atoms with Gasteiger partial charge in [-0.15, -0.1) is 5.10 Å². The Kier molecular flexibility index (Phi) is 3.88. The molecule has 0 aliphatic rings. The summed E-state index contributed by atoms with van der Waals surface area (Å²) in [5.41, 5.74) is 1.09. The summed E-state index contributed by atoms with van der Waals surface area (Å²) in [6.45, 7) is 8.66. The minimum Gasteiger partial charge on any atom is -0.335 e. The van der Waals surface area contributed by atoms with E-state index in [9.17, 15) is 0 Å². The summed E-state index contributed by atoms with van der Waals surface area (Å²) in [5.74, 6) is 1.70. The van der Waals surface area contributed by atoms with E-state index in [0.29, 0.717) is 12.1 Å². The van der Waals surface area contributed by atoms with Crippen LogP contribution in [0.15, 0.2) is 30.3 Å². The first-order chi connectivity index (χ1) is 9.00. The van der Waals surface area contributed by atoms with E-state index in [2.05, 4.69) is 49.8 Å². The largest absolute Gasteiger partial charge is 0.335 e. The normalized spacial score (nSPS) is 11.3. The van der Waals surface area contributed by atoms with Crippen molar-refractivity contribution in [3.63, 3.8) is 0 Å². The zero-order chi connectivity index (χ0) is 14.0. The molecule has 0 aliphatic heterocycles. The second-order valence-electron chi connectivity index (χ2n) is 5.32. The molecule has 2 aromatic rings. The van der Waals surface area contributed by atoms with Crippen molar-refractivity contribution in [1.82, 2.24) is 14.8 Å². The minimum absolute atomic E-state index is 0.381. The van der Waals surface area contributed by atoms with Gasteiger partial charge < -0.3 is 4.90 Å². The number of nitrogens with zero attached hydrogens (tertiary/aromatic N) is 4. The molecule has 1 heterocycles. The van der Waals surface area contributed by atoms with E-state index in [1.165, 1.54) is 0 Å². The van der Waals surface area contributed by atoms with E-state index >= 15 is 0 Å². The van der Waals surface area contributed by atoms with Crippen molar-refractivity contribution >= 4 is 5.95 Å². The SMILES string of the molecule is CC(C)N(c1nc(-c2ccccc2)n(C)n1)C(C)C. The Hall–Kier alpha value is -1.84. The molecule has 0 radical (unpaired) electrons. The Morgan fingerprint density at radius 3 is 2.11 bits per heavy atom. The van der Waals surface area contributed by atoms with Gasteiger partial charge in [0.1, 0.15) is 0 Å². The molecule has 0 unspecified atom stereocenters. The number of rotatable bonds is 4. The molecule has 0 amide bonds. The minimum atomic E-state index is 0.381. The molecule has 4 heteroatoms. The van der Waals surface area contributed by atoms with E-state index in [-0.39, 0.29) is 0 Å². The zero-order valence-electron chi connectivity index (χ0n) is 12.3. The molecule has 0 saturated heterocycles. The fourth-order valence-corrected chi connectivity index (χ4v) is 2.38. The molecule has 1 aromatic carbocycles. The molecule has 2 rings (SSSR count). The van der Waals surface area contributed by atoms with Crippen LogP contribution in [-0.2, 0) is 7.05 Å². The fraction of sp³-hybridized carbons (Fsp3) is 0.467. The first kappa shape index (κ1) is 13.6. The van der Waals surface area contributed by atoms with Crippen molar-refractivity contribution < 1.29 is 0 Å². The Bertz CT molecular complexity index is 520. The summed E-state index contributed by atoms with van der Waals surface area (Å²) in [5, 5.41) is 4.56. The summed E-state index contributed by atoms with van der Waals surface area (Å²) in [7, 11) is 1.94. The molecule has 19 heavy (non-hydrogen) atoms. The van der Waals surface area contributed by atoms with Gasteiger partial charge in [0.25, 0.3) is 0 Å². The lowest BCUT2D eigenvalue weighted by atomic mass is 10.2. The molecule has 0 spiro atoms. The quantitative estimate of drug-likeness (QED) is 0.845. The lowest BCUT2D eigenvalue weighted by Crippen LogP contribution is -2.37. The third-order valence-corrected chi connectivity index (χ3v) is 3.13. The number of benzene rings is 1. The Morgan fingerprint density at radius 1 is 1.00 bits per heavy atom. The Labute approximate surface area is 115 Å².